The lowest BCUT2D eigenvalue weighted by atomic mass is 10.1. The summed E-state index contributed by atoms with van der Waals surface area (Å²) in [5, 5.41) is 3.64. The van der Waals surface area contributed by atoms with E-state index in [0.717, 1.165) is 5.56 Å². The lowest BCUT2D eigenvalue weighted by Crippen LogP contribution is -2.34. The van der Waals surface area contributed by atoms with Gasteiger partial charge in [0.15, 0.2) is 0 Å². The van der Waals surface area contributed by atoms with Crippen molar-refractivity contribution >= 4 is 17.5 Å². The van der Waals surface area contributed by atoms with Gasteiger partial charge in [0.05, 0.1) is 25.8 Å². The Bertz CT molecular complexity index is 734. The summed E-state index contributed by atoms with van der Waals surface area (Å²) < 4.78 is 10.5. The molecule has 134 valence electrons. The fourth-order valence-corrected chi connectivity index (χ4v) is 2.85. The molecule has 5 nitrogen and oxygen atoms in total. The molecular formula is C19H23ClN2O3. The summed E-state index contributed by atoms with van der Waals surface area (Å²) in [5.74, 6) is 0.894. The SMILES string of the molecule is COc1ccc(C(=O)NC[C@H](c2ccccc2Cl)N(C)C)c(OC)c1. The van der Waals surface area contributed by atoms with Crippen molar-refractivity contribution in [3.63, 3.8) is 0 Å². The predicted octanol–water partition coefficient (Wildman–Crippen LogP) is 3.39. The number of nitrogens with one attached hydrogen (secondary N) is 1. The van der Waals surface area contributed by atoms with Gasteiger partial charge in [-0.2, -0.15) is 0 Å². The third-order valence-electron chi connectivity index (χ3n) is 4.00. The molecule has 0 aromatic heterocycles. The minimum atomic E-state index is -0.210. The molecule has 6 heteroatoms. The lowest BCUT2D eigenvalue weighted by Gasteiger charge is -2.26. The van der Waals surface area contributed by atoms with Gasteiger partial charge in [0, 0.05) is 17.6 Å². The maximum absolute atomic E-state index is 12.6. The molecule has 0 saturated carbocycles. The summed E-state index contributed by atoms with van der Waals surface area (Å²) in [6.45, 7) is 0.421. The quantitative estimate of drug-likeness (QED) is 0.820. The number of benzene rings is 2. The van der Waals surface area contributed by atoms with Gasteiger partial charge in [-0.05, 0) is 37.9 Å². The smallest absolute Gasteiger partial charge is 0.255 e. The van der Waals surface area contributed by atoms with Crippen LogP contribution >= 0.6 is 11.6 Å². The van der Waals surface area contributed by atoms with Crippen molar-refractivity contribution in [2.24, 2.45) is 0 Å². The molecular weight excluding hydrogens is 340 g/mol. The molecule has 25 heavy (non-hydrogen) atoms. The fraction of sp³-hybridized carbons (Fsp3) is 0.316. The van der Waals surface area contributed by atoms with Gasteiger partial charge in [0.2, 0.25) is 0 Å². The molecule has 0 fully saturated rings. The second-order valence-corrected chi connectivity index (χ2v) is 6.18. The molecule has 0 aliphatic heterocycles. The maximum Gasteiger partial charge on any atom is 0.255 e. The number of halogens is 1. The Morgan fingerprint density at radius 3 is 2.48 bits per heavy atom. The number of methoxy groups -OCH3 is 2. The molecule has 2 aromatic rings. The van der Waals surface area contributed by atoms with Crippen LogP contribution in [0.2, 0.25) is 5.02 Å². The largest absolute Gasteiger partial charge is 0.497 e. The van der Waals surface area contributed by atoms with Crippen molar-refractivity contribution in [1.29, 1.82) is 0 Å². The number of carbonyl (C=O) groups excluding carboxylic acids is 1. The van der Waals surface area contributed by atoms with Crippen LogP contribution in [0, 0.1) is 0 Å². The minimum Gasteiger partial charge on any atom is -0.497 e. The van der Waals surface area contributed by atoms with Crippen LogP contribution in [0.15, 0.2) is 42.5 Å². The Hall–Kier alpha value is -2.24. The molecule has 0 saturated heterocycles. The Kier molecular flexibility index (Phi) is 6.67. The molecule has 0 heterocycles. The zero-order valence-corrected chi connectivity index (χ0v) is 15.6. The van der Waals surface area contributed by atoms with Crippen molar-refractivity contribution in [2.75, 3.05) is 34.9 Å². The Balaban J connectivity index is 2.16. The second-order valence-electron chi connectivity index (χ2n) is 5.78. The van der Waals surface area contributed by atoms with Gasteiger partial charge in [0.25, 0.3) is 5.91 Å². The van der Waals surface area contributed by atoms with Gasteiger partial charge in [0.1, 0.15) is 11.5 Å². The lowest BCUT2D eigenvalue weighted by molar-refractivity contribution is 0.0939. The maximum atomic E-state index is 12.6. The van der Waals surface area contributed by atoms with Crippen LogP contribution < -0.4 is 14.8 Å². The first-order chi connectivity index (χ1) is 12.0. The van der Waals surface area contributed by atoms with Crippen LogP contribution in [-0.4, -0.2) is 45.7 Å². The molecule has 1 N–H and O–H groups in total. The zero-order valence-electron chi connectivity index (χ0n) is 14.9. The average Bonchev–Trinajstić information content (AvgIpc) is 2.62. The molecule has 2 aromatic carbocycles. The first-order valence-corrected chi connectivity index (χ1v) is 8.26. The normalized spacial score (nSPS) is 11.9. The standard InChI is InChI=1S/C19H23ClN2O3/c1-22(2)17(14-7-5-6-8-16(14)20)12-21-19(23)15-10-9-13(24-3)11-18(15)25-4/h5-11,17H,12H2,1-4H3,(H,21,23)/t17-/m1/s1. The van der Waals surface area contributed by atoms with Gasteiger partial charge in [-0.3, -0.25) is 4.79 Å². The number of hydrogen-bond donors (Lipinski definition) is 1. The van der Waals surface area contributed by atoms with E-state index in [9.17, 15) is 4.79 Å². The highest BCUT2D eigenvalue weighted by molar-refractivity contribution is 6.31. The summed E-state index contributed by atoms with van der Waals surface area (Å²) in [7, 11) is 7.00. The van der Waals surface area contributed by atoms with Crippen LogP contribution in [0.1, 0.15) is 22.0 Å². The van der Waals surface area contributed by atoms with E-state index in [1.807, 2.05) is 43.3 Å². The van der Waals surface area contributed by atoms with E-state index < -0.39 is 0 Å². The van der Waals surface area contributed by atoms with Crippen LogP contribution in [0.25, 0.3) is 0 Å². The zero-order chi connectivity index (χ0) is 18.4. The van der Waals surface area contributed by atoms with Crippen molar-refractivity contribution in [3.05, 3.63) is 58.6 Å². The highest BCUT2D eigenvalue weighted by atomic mass is 35.5. The third kappa shape index (κ3) is 4.65. The summed E-state index contributed by atoms with van der Waals surface area (Å²) >= 11 is 6.30. The van der Waals surface area contributed by atoms with Crippen molar-refractivity contribution in [2.45, 2.75) is 6.04 Å². The number of carbonyl (C=O) groups is 1. The van der Waals surface area contributed by atoms with E-state index in [0.29, 0.717) is 28.6 Å². The van der Waals surface area contributed by atoms with Crippen LogP contribution in [0.3, 0.4) is 0 Å². The van der Waals surface area contributed by atoms with Crippen molar-refractivity contribution < 1.29 is 14.3 Å². The Morgan fingerprint density at radius 2 is 1.88 bits per heavy atom. The molecule has 2 rings (SSSR count). The molecule has 0 spiro atoms. The third-order valence-corrected chi connectivity index (χ3v) is 4.34. The van der Waals surface area contributed by atoms with Crippen molar-refractivity contribution in [3.8, 4) is 11.5 Å². The molecule has 1 atom stereocenters. The fourth-order valence-electron chi connectivity index (χ4n) is 2.59. The number of ether oxygens (including phenoxy) is 2. The van der Waals surface area contributed by atoms with Gasteiger partial charge in [-0.25, -0.2) is 0 Å². The van der Waals surface area contributed by atoms with Crippen LogP contribution in [-0.2, 0) is 0 Å². The van der Waals surface area contributed by atoms with Gasteiger partial charge in [-0.15, -0.1) is 0 Å². The van der Waals surface area contributed by atoms with Crippen LogP contribution in [0.5, 0.6) is 11.5 Å². The predicted molar refractivity (Wildman–Crippen MR) is 99.8 cm³/mol. The molecule has 0 bridgehead atoms. The number of amides is 1. The monoisotopic (exact) mass is 362 g/mol. The second kappa shape index (κ2) is 8.74. The number of rotatable bonds is 7. The first-order valence-electron chi connectivity index (χ1n) is 7.89. The van der Waals surface area contributed by atoms with E-state index in [1.165, 1.54) is 7.11 Å². The molecule has 0 unspecified atom stereocenters. The molecule has 0 aliphatic rings. The number of hydrogen-bond acceptors (Lipinski definition) is 4. The van der Waals surface area contributed by atoms with Gasteiger partial charge < -0.3 is 19.7 Å². The first kappa shape index (κ1) is 19.1. The highest BCUT2D eigenvalue weighted by Gasteiger charge is 2.19. The van der Waals surface area contributed by atoms with E-state index in [1.54, 1.807) is 25.3 Å². The Morgan fingerprint density at radius 1 is 1.16 bits per heavy atom. The van der Waals surface area contributed by atoms with Gasteiger partial charge in [-0.1, -0.05) is 29.8 Å². The Labute approximate surface area is 153 Å². The highest BCUT2D eigenvalue weighted by Crippen LogP contribution is 2.27. The summed E-state index contributed by atoms with van der Waals surface area (Å²) in [5.41, 5.74) is 1.43. The molecule has 0 radical (unpaired) electrons. The van der Waals surface area contributed by atoms with E-state index in [2.05, 4.69) is 5.32 Å². The summed E-state index contributed by atoms with van der Waals surface area (Å²) in [4.78, 5) is 14.6. The van der Waals surface area contributed by atoms with Crippen molar-refractivity contribution in [1.82, 2.24) is 10.2 Å². The van der Waals surface area contributed by atoms with E-state index >= 15 is 0 Å². The summed E-state index contributed by atoms with van der Waals surface area (Å²) in [6.07, 6.45) is 0. The topological polar surface area (TPSA) is 50.8 Å². The number of nitrogens with zero attached hydrogens (tertiary/aromatic N) is 1. The van der Waals surface area contributed by atoms with E-state index in [-0.39, 0.29) is 11.9 Å². The summed E-state index contributed by atoms with van der Waals surface area (Å²) in [6, 6.07) is 12.7. The average molecular weight is 363 g/mol. The number of likely N-dealkylation sites (N-methyl/N-ethyl adjacent to an activating group) is 1. The van der Waals surface area contributed by atoms with E-state index in [4.69, 9.17) is 21.1 Å². The van der Waals surface area contributed by atoms with Crippen LogP contribution in [0.4, 0.5) is 0 Å². The molecule has 0 aliphatic carbocycles. The molecule has 1 amide bonds. The van der Waals surface area contributed by atoms with Gasteiger partial charge >= 0.3 is 0 Å². The minimum absolute atomic E-state index is 0.0399.